The van der Waals surface area contributed by atoms with Crippen molar-refractivity contribution in [1.29, 1.82) is 0 Å². The van der Waals surface area contributed by atoms with Crippen molar-refractivity contribution < 1.29 is 9.47 Å². The van der Waals surface area contributed by atoms with Crippen LogP contribution in [0.5, 0.6) is 11.5 Å². The summed E-state index contributed by atoms with van der Waals surface area (Å²) in [7, 11) is 0. The van der Waals surface area contributed by atoms with Crippen molar-refractivity contribution in [2.24, 2.45) is 5.73 Å². The largest absolute Gasteiger partial charge is 0.494 e. The highest BCUT2D eigenvalue weighted by Crippen LogP contribution is 2.39. The number of unbranched alkanes of at least 4 members (excludes halogenated alkanes) is 1. The molecule has 2 aromatic heterocycles. The predicted octanol–water partition coefficient (Wildman–Crippen LogP) is 5.77. The molecule has 5 heteroatoms. The quantitative estimate of drug-likeness (QED) is 0.339. The van der Waals surface area contributed by atoms with Crippen molar-refractivity contribution in [2.75, 3.05) is 19.8 Å². The lowest BCUT2D eigenvalue weighted by molar-refractivity contribution is 0.340. The molecule has 0 unspecified atom stereocenters. The number of pyridine rings is 1. The molecular formula is C26H31N3O2. The van der Waals surface area contributed by atoms with Gasteiger partial charge < -0.3 is 20.2 Å². The minimum absolute atomic E-state index is 0.612. The van der Waals surface area contributed by atoms with Crippen molar-refractivity contribution in [3.05, 3.63) is 53.7 Å². The third-order valence-corrected chi connectivity index (χ3v) is 5.60. The molecule has 2 heterocycles. The van der Waals surface area contributed by atoms with Crippen LogP contribution in [0.25, 0.3) is 33.1 Å². The summed E-state index contributed by atoms with van der Waals surface area (Å²) < 4.78 is 11.6. The van der Waals surface area contributed by atoms with E-state index in [0.29, 0.717) is 19.8 Å². The summed E-state index contributed by atoms with van der Waals surface area (Å²) in [6.07, 6.45) is 3.00. The third-order valence-electron chi connectivity index (χ3n) is 5.60. The van der Waals surface area contributed by atoms with Crippen LogP contribution in [0.3, 0.4) is 0 Å². The Kier molecular flexibility index (Phi) is 6.42. The van der Waals surface area contributed by atoms with Gasteiger partial charge in [-0.1, -0.05) is 6.07 Å². The van der Waals surface area contributed by atoms with Crippen LogP contribution in [-0.4, -0.2) is 29.7 Å². The van der Waals surface area contributed by atoms with E-state index < -0.39 is 0 Å². The number of nitrogens with zero attached hydrogens (tertiary/aromatic N) is 1. The molecule has 5 nitrogen and oxygen atoms in total. The highest BCUT2D eigenvalue weighted by Gasteiger charge is 2.18. The molecule has 0 amide bonds. The van der Waals surface area contributed by atoms with Crippen molar-refractivity contribution in [2.45, 2.75) is 40.0 Å². The first kappa shape index (κ1) is 21.2. The Morgan fingerprint density at radius 3 is 2.55 bits per heavy atom. The van der Waals surface area contributed by atoms with E-state index in [4.69, 9.17) is 20.2 Å². The second-order valence-corrected chi connectivity index (χ2v) is 7.76. The first-order valence-corrected chi connectivity index (χ1v) is 11.2. The monoisotopic (exact) mass is 417 g/mol. The lowest BCUT2D eigenvalue weighted by Crippen LogP contribution is -2.00. The molecule has 162 valence electrons. The van der Waals surface area contributed by atoms with Gasteiger partial charge in [0, 0.05) is 27.5 Å². The third kappa shape index (κ3) is 4.23. The molecule has 0 atom stereocenters. The maximum Gasteiger partial charge on any atom is 0.145 e. The average molecular weight is 418 g/mol. The Bertz CT molecular complexity index is 1200. The number of nitrogens with one attached hydrogen (secondary N) is 1. The number of H-pyrrole nitrogens is 1. The van der Waals surface area contributed by atoms with Gasteiger partial charge >= 0.3 is 0 Å². The summed E-state index contributed by atoms with van der Waals surface area (Å²) in [6, 6.07) is 14.7. The van der Waals surface area contributed by atoms with Gasteiger partial charge in [-0.25, -0.2) is 4.98 Å². The van der Waals surface area contributed by atoms with Crippen molar-refractivity contribution in [3.8, 4) is 22.8 Å². The number of ether oxygens (including phenoxy) is 2. The van der Waals surface area contributed by atoms with E-state index in [1.165, 1.54) is 10.9 Å². The average Bonchev–Trinajstić information content (AvgIpc) is 3.12. The molecule has 0 bridgehead atoms. The maximum atomic E-state index is 5.87. The number of benzene rings is 2. The molecule has 0 saturated carbocycles. The predicted molar refractivity (Wildman–Crippen MR) is 128 cm³/mol. The fourth-order valence-corrected chi connectivity index (χ4v) is 4.20. The molecule has 2 aromatic carbocycles. The van der Waals surface area contributed by atoms with Crippen LogP contribution in [-0.2, 0) is 6.42 Å². The van der Waals surface area contributed by atoms with Gasteiger partial charge in [-0.15, -0.1) is 0 Å². The SMILES string of the molecule is CCOc1ccc2[nH]c(-c3ccc(OCC)c4nc(C)ccc34)c(CCCCN)c2c1. The molecule has 0 spiro atoms. The number of aryl methyl sites for hydroxylation is 2. The number of aromatic nitrogens is 2. The summed E-state index contributed by atoms with van der Waals surface area (Å²) in [5.41, 5.74) is 12.4. The summed E-state index contributed by atoms with van der Waals surface area (Å²) in [5, 5.41) is 2.30. The zero-order valence-corrected chi connectivity index (χ0v) is 18.6. The van der Waals surface area contributed by atoms with E-state index in [2.05, 4.69) is 35.3 Å². The molecule has 0 saturated heterocycles. The van der Waals surface area contributed by atoms with Gasteiger partial charge in [0.15, 0.2) is 0 Å². The molecular weight excluding hydrogens is 386 g/mol. The molecule has 0 aliphatic heterocycles. The fourth-order valence-electron chi connectivity index (χ4n) is 4.20. The lowest BCUT2D eigenvalue weighted by Gasteiger charge is -2.13. The normalized spacial score (nSPS) is 11.4. The number of rotatable bonds is 9. The second-order valence-electron chi connectivity index (χ2n) is 7.76. The minimum atomic E-state index is 0.612. The van der Waals surface area contributed by atoms with Crippen LogP contribution in [0, 0.1) is 6.92 Å². The van der Waals surface area contributed by atoms with Crippen LogP contribution >= 0.6 is 0 Å². The number of hydrogen-bond donors (Lipinski definition) is 2. The molecule has 4 rings (SSSR count). The topological polar surface area (TPSA) is 73.2 Å². The zero-order chi connectivity index (χ0) is 21.8. The number of aromatic amines is 1. The van der Waals surface area contributed by atoms with Crippen LogP contribution in [0.1, 0.15) is 37.9 Å². The van der Waals surface area contributed by atoms with Crippen molar-refractivity contribution in [3.63, 3.8) is 0 Å². The standard InChI is InChI=1S/C26H31N3O2/c1-4-30-18-10-13-23-22(16-18)19(8-6-7-15-27)25(29-23)20-12-14-24(31-5-2)26-21(20)11-9-17(3)28-26/h9-14,16,29H,4-8,15,27H2,1-3H3. The summed E-state index contributed by atoms with van der Waals surface area (Å²) in [6.45, 7) is 7.99. The lowest BCUT2D eigenvalue weighted by atomic mass is 9.97. The summed E-state index contributed by atoms with van der Waals surface area (Å²) in [4.78, 5) is 8.48. The van der Waals surface area contributed by atoms with E-state index in [9.17, 15) is 0 Å². The smallest absolute Gasteiger partial charge is 0.145 e. The minimum Gasteiger partial charge on any atom is -0.494 e. The van der Waals surface area contributed by atoms with Gasteiger partial charge in [0.1, 0.15) is 17.0 Å². The Labute approximate surface area is 183 Å². The van der Waals surface area contributed by atoms with Gasteiger partial charge in [0.25, 0.3) is 0 Å². The van der Waals surface area contributed by atoms with E-state index in [0.717, 1.165) is 64.1 Å². The van der Waals surface area contributed by atoms with Crippen LogP contribution < -0.4 is 15.2 Å². The van der Waals surface area contributed by atoms with E-state index in [1.54, 1.807) is 0 Å². The molecule has 0 aliphatic rings. The van der Waals surface area contributed by atoms with Crippen LogP contribution in [0.2, 0.25) is 0 Å². The first-order chi connectivity index (χ1) is 15.2. The molecule has 0 fully saturated rings. The fraction of sp³-hybridized carbons (Fsp3) is 0.346. The van der Waals surface area contributed by atoms with Crippen LogP contribution in [0.15, 0.2) is 42.5 Å². The van der Waals surface area contributed by atoms with Crippen molar-refractivity contribution in [1.82, 2.24) is 9.97 Å². The van der Waals surface area contributed by atoms with Crippen LogP contribution in [0.4, 0.5) is 0 Å². The van der Waals surface area contributed by atoms with Gasteiger partial charge in [-0.05, 0) is 88.5 Å². The Hall–Kier alpha value is -3.05. The molecule has 31 heavy (non-hydrogen) atoms. The zero-order valence-electron chi connectivity index (χ0n) is 18.6. The number of nitrogens with two attached hydrogens (primary N) is 1. The van der Waals surface area contributed by atoms with E-state index in [-0.39, 0.29) is 0 Å². The Balaban J connectivity index is 1.93. The number of fused-ring (bicyclic) bond motifs is 2. The van der Waals surface area contributed by atoms with Gasteiger partial charge in [-0.3, -0.25) is 0 Å². The van der Waals surface area contributed by atoms with Gasteiger partial charge in [0.2, 0.25) is 0 Å². The van der Waals surface area contributed by atoms with Gasteiger partial charge in [-0.2, -0.15) is 0 Å². The van der Waals surface area contributed by atoms with E-state index >= 15 is 0 Å². The second kappa shape index (κ2) is 9.40. The highest BCUT2D eigenvalue weighted by molar-refractivity contribution is 6.01. The van der Waals surface area contributed by atoms with E-state index in [1.807, 2.05) is 32.9 Å². The molecule has 4 aromatic rings. The highest BCUT2D eigenvalue weighted by atomic mass is 16.5. The maximum absolute atomic E-state index is 5.87. The summed E-state index contributed by atoms with van der Waals surface area (Å²) in [5.74, 6) is 1.72. The molecule has 0 radical (unpaired) electrons. The summed E-state index contributed by atoms with van der Waals surface area (Å²) >= 11 is 0. The molecule has 3 N–H and O–H groups in total. The Morgan fingerprint density at radius 2 is 1.77 bits per heavy atom. The van der Waals surface area contributed by atoms with Gasteiger partial charge in [0.05, 0.1) is 18.9 Å². The van der Waals surface area contributed by atoms with Crippen molar-refractivity contribution >= 4 is 21.8 Å². The first-order valence-electron chi connectivity index (χ1n) is 11.2. The number of hydrogen-bond acceptors (Lipinski definition) is 4. The molecule has 0 aliphatic carbocycles. The Morgan fingerprint density at radius 1 is 0.935 bits per heavy atom.